The normalized spacial score (nSPS) is 40.6. The van der Waals surface area contributed by atoms with Crippen molar-refractivity contribution < 1.29 is 14.3 Å². The lowest BCUT2D eigenvalue weighted by atomic mass is 9.80. The summed E-state index contributed by atoms with van der Waals surface area (Å²) in [5, 5.41) is 0. The lowest BCUT2D eigenvalue weighted by molar-refractivity contribution is -0.154. The van der Waals surface area contributed by atoms with Gasteiger partial charge in [-0.3, -0.25) is 0 Å². The van der Waals surface area contributed by atoms with Gasteiger partial charge in [0.15, 0.2) is 5.60 Å². The minimum atomic E-state index is -0.588. The highest BCUT2D eigenvalue weighted by atomic mass is 16.7. The molecule has 2 aliphatic rings. The number of hydrogen-bond acceptors (Lipinski definition) is 3. The lowest BCUT2D eigenvalue weighted by Gasteiger charge is -2.21. The molecule has 1 aliphatic carbocycles. The van der Waals surface area contributed by atoms with Crippen molar-refractivity contribution in [3.63, 3.8) is 0 Å². The Morgan fingerprint density at radius 2 is 2.00 bits per heavy atom. The van der Waals surface area contributed by atoms with Crippen molar-refractivity contribution in [3.8, 4) is 0 Å². The van der Waals surface area contributed by atoms with Gasteiger partial charge in [0.2, 0.25) is 0 Å². The van der Waals surface area contributed by atoms with Gasteiger partial charge in [0.1, 0.15) is 5.60 Å². The van der Waals surface area contributed by atoms with Gasteiger partial charge in [0, 0.05) is 0 Å². The monoisotopic (exact) mass is 198 g/mol. The molecule has 0 N–H and O–H groups in total. The SMILES string of the molecule is CC(C)OC(=O)C12CCCCC1(C)O2. The van der Waals surface area contributed by atoms with Crippen molar-refractivity contribution in [2.45, 2.75) is 63.8 Å². The topological polar surface area (TPSA) is 38.8 Å². The molecule has 2 rings (SSSR count). The van der Waals surface area contributed by atoms with Crippen molar-refractivity contribution in [1.82, 2.24) is 0 Å². The molecule has 0 aromatic rings. The Morgan fingerprint density at radius 1 is 1.36 bits per heavy atom. The van der Waals surface area contributed by atoms with Gasteiger partial charge in [0.05, 0.1) is 6.10 Å². The molecule has 0 aromatic carbocycles. The molecule has 0 bridgehead atoms. The molecule has 2 unspecified atom stereocenters. The molecule has 3 heteroatoms. The van der Waals surface area contributed by atoms with Gasteiger partial charge in [-0.05, 0) is 40.0 Å². The fourth-order valence-electron chi connectivity index (χ4n) is 2.43. The van der Waals surface area contributed by atoms with Crippen LogP contribution in [0.2, 0.25) is 0 Å². The fraction of sp³-hybridized carbons (Fsp3) is 0.909. The Labute approximate surface area is 84.8 Å². The van der Waals surface area contributed by atoms with Crippen LogP contribution in [0.25, 0.3) is 0 Å². The first kappa shape index (κ1) is 9.97. The zero-order valence-corrected chi connectivity index (χ0v) is 9.13. The highest BCUT2D eigenvalue weighted by Gasteiger charge is 2.73. The van der Waals surface area contributed by atoms with Crippen molar-refractivity contribution in [1.29, 1.82) is 0 Å². The van der Waals surface area contributed by atoms with Crippen LogP contribution in [-0.2, 0) is 14.3 Å². The van der Waals surface area contributed by atoms with E-state index in [0.29, 0.717) is 0 Å². The van der Waals surface area contributed by atoms with Crippen molar-refractivity contribution in [2.24, 2.45) is 0 Å². The number of carbonyl (C=O) groups excluding carboxylic acids is 1. The van der Waals surface area contributed by atoms with Crippen LogP contribution in [0.15, 0.2) is 0 Å². The van der Waals surface area contributed by atoms with Crippen LogP contribution in [-0.4, -0.2) is 23.3 Å². The summed E-state index contributed by atoms with van der Waals surface area (Å²) >= 11 is 0. The molecule has 2 atom stereocenters. The molecule has 14 heavy (non-hydrogen) atoms. The molecular weight excluding hydrogens is 180 g/mol. The minimum Gasteiger partial charge on any atom is -0.461 e. The molecular formula is C11H18O3. The maximum absolute atomic E-state index is 11.8. The van der Waals surface area contributed by atoms with Crippen LogP contribution in [0, 0.1) is 0 Å². The van der Waals surface area contributed by atoms with Crippen LogP contribution >= 0.6 is 0 Å². The molecule has 0 spiro atoms. The fourth-order valence-corrected chi connectivity index (χ4v) is 2.43. The summed E-state index contributed by atoms with van der Waals surface area (Å²) in [6.45, 7) is 5.77. The molecule has 0 amide bonds. The van der Waals surface area contributed by atoms with E-state index >= 15 is 0 Å². The number of rotatable bonds is 2. The molecule has 2 fully saturated rings. The number of ether oxygens (including phenoxy) is 2. The standard InChI is InChI=1S/C11H18O3/c1-8(2)13-9(12)11-7-5-4-6-10(11,3)14-11/h8H,4-7H2,1-3H3. The summed E-state index contributed by atoms with van der Waals surface area (Å²) in [5.41, 5.74) is -0.813. The quantitative estimate of drug-likeness (QED) is 0.503. The molecule has 1 saturated heterocycles. The summed E-state index contributed by atoms with van der Waals surface area (Å²) in [5.74, 6) is -0.158. The van der Waals surface area contributed by atoms with Gasteiger partial charge in [-0.2, -0.15) is 0 Å². The van der Waals surface area contributed by atoms with Crippen LogP contribution in [0.3, 0.4) is 0 Å². The van der Waals surface area contributed by atoms with Gasteiger partial charge < -0.3 is 9.47 Å². The van der Waals surface area contributed by atoms with Gasteiger partial charge in [-0.15, -0.1) is 0 Å². The summed E-state index contributed by atoms with van der Waals surface area (Å²) in [6, 6.07) is 0. The molecule has 1 saturated carbocycles. The van der Waals surface area contributed by atoms with E-state index in [1.54, 1.807) is 0 Å². The molecule has 80 valence electrons. The predicted molar refractivity (Wildman–Crippen MR) is 51.9 cm³/mol. The second kappa shape index (κ2) is 2.96. The third kappa shape index (κ3) is 1.26. The maximum atomic E-state index is 11.8. The van der Waals surface area contributed by atoms with Gasteiger partial charge in [-0.25, -0.2) is 4.79 Å². The van der Waals surface area contributed by atoms with E-state index in [1.165, 1.54) is 0 Å². The van der Waals surface area contributed by atoms with E-state index < -0.39 is 5.60 Å². The predicted octanol–water partition coefficient (Wildman–Crippen LogP) is 2.04. The van der Waals surface area contributed by atoms with Gasteiger partial charge in [0.25, 0.3) is 0 Å². The van der Waals surface area contributed by atoms with E-state index in [-0.39, 0.29) is 17.7 Å². The highest BCUT2D eigenvalue weighted by molar-refractivity contribution is 5.85. The zero-order chi connectivity index (χ0) is 10.4. The highest BCUT2D eigenvalue weighted by Crippen LogP contribution is 2.57. The van der Waals surface area contributed by atoms with Gasteiger partial charge in [-0.1, -0.05) is 6.42 Å². The lowest BCUT2D eigenvalue weighted by Crippen LogP contribution is -2.38. The Hall–Kier alpha value is -0.570. The van der Waals surface area contributed by atoms with Crippen molar-refractivity contribution in [3.05, 3.63) is 0 Å². The van der Waals surface area contributed by atoms with E-state index in [1.807, 2.05) is 20.8 Å². The average Bonchev–Trinajstić information content (AvgIpc) is 2.71. The second-order valence-corrected chi connectivity index (χ2v) is 4.82. The molecule has 3 nitrogen and oxygen atoms in total. The zero-order valence-electron chi connectivity index (χ0n) is 9.13. The number of hydrogen-bond donors (Lipinski definition) is 0. The van der Waals surface area contributed by atoms with E-state index in [4.69, 9.17) is 9.47 Å². The molecule has 1 heterocycles. The van der Waals surface area contributed by atoms with E-state index in [0.717, 1.165) is 25.7 Å². The van der Waals surface area contributed by atoms with Crippen LogP contribution in [0.1, 0.15) is 46.5 Å². The largest absolute Gasteiger partial charge is 0.461 e. The van der Waals surface area contributed by atoms with E-state index in [9.17, 15) is 4.79 Å². The first-order chi connectivity index (χ1) is 6.50. The van der Waals surface area contributed by atoms with Crippen molar-refractivity contribution >= 4 is 5.97 Å². The first-order valence-corrected chi connectivity index (χ1v) is 5.41. The Balaban J connectivity index is 2.07. The maximum Gasteiger partial charge on any atom is 0.341 e. The van der Waals surface area contributed by atoms with E-state index in [2.05, 4.69) is 0 Å². The Kier molecular flexibility index (Phi) is 2.11. The molecule has 0 aromatic heterocycles. The third-order valence-corrected chi connectivity index (χ3v) is 3.32. The Morgan fingerprint density at radius 3 is 2.57 bits per heavy atom. The number of carbonyl (C=O) groups is 1. The average molecular weight is 198 g/mol. The number of esters is 1. The Bertz CT molecular complexity index is 257. The summed E-state index contributed by atoms with van der Waals surface area (Å²) < 4.78 is 10.9. The first-order valence-electron chi connectivity index (χ1n) is 5.41. The summed E-state index contributed by atoms with van der Waals surface area (Å²) in [6.07, 6.45) is 4.00. The molecule has 0 radical (unpaired) electrons. The van der Waals surface area contributed by atoms with Crippen molar-refractivity contribution in [2.75, 3.05) is 0 Å². The van der Waals surface area contributed by atoms with Crippen LogP contribution in [0.5, 0.6) is 0 Å². The number of fused-ring (bicyclic) bond motifs is 1. The van der Waals surface area contributed by atoms with Crippen LogP contribution in [0.4, 0.5) is 0 Å². The molecule has 1 aliphatic heterocycles. The summed E-state index contributed by atoms with van der Waals surface area (Å²) in [4.78, 5) is 11.8. The minimum absolute atomic E-state index is 0.0488. The summed E-state index contributed by atoms with van der Waals surface area (Å²) in [7, 11) is 0. The smallest absolute Gasteiger partial charge is 0.341 e. The third-order valence-electron chi connectivity index (χ3n) is 3.32. The number of epoxide rings is 1. The second-order valence-electron chi connectivity index (χ2n) is 4.82. The van der Waals surface area contributed by atoms with Gasteiger partial charge >= 0.3 is 5.97 Å². The van der Waals surface area contributed by atoms with Crippen LogP contribution < -0.4 is 0 Å².